The molecule has 0 radical (unpaired) electrons. The van der Waals surface area contributed by atoms with Crippen LogP contribution in [0.3, 0.4) is 0 Å². The molecular formula is C39H25N3. The number of aromatic nitrogens is 3. The summed E-state index contributed by atoms with van der Waals surface area (Å²) in [5, 5.41) is 7.38. The number of nitrogens with zero attached hydrogens (tertiary/aromatic N) is 3. The number of benzene rings is 6. The first-order chi connectivity index (χ1) is 20.8. The van der Waals surface area contributed by atoms with E-state index < -0.39 is 0 Å². The Bertz CT molecular complexity index is 2460. The van der Waals surface area contributed by atoms with Crippen molar-refractivity contribution in [1.29, 1.82) is 0 Å². The summed E-state index contributed by atoms with van der Waals surface area (Å²) in [5.41, 5.74) is 9.08. The van der Waals surface area contributed by atoms with Gasteiger partial charge in [-0.2, -0.15) is 0 Å². The molecule has 0 unspecified atom stereocenters. The van der Waals surface area contributed by atoms with Crippen LogP contribution in [0.2, 0.25) is 0 Å². The van der Waals surface area contributed by atoms with Crippen LogP contribution in [0.15, 0.2) is 152 Å². The second kappa shape index (κ2) is 8.92. The molecular weight excluding hydrogens is 510 g/mol. The quantitative estimate of drug-likeness (QED) is 0.221. The number of para-hydroxylation sites is 3. The second-order valence-electron chi connectivity index (χ2n) is 10.9. The molecule has 0 bridgehead atoms. The predicted molar refractivity (Wildman–Crippen MR) is 176 cm³/mol. The van der Waals surface area contributed by atoms with Gasteiger partial charge in [0.25, 0.3) is 0 Å². The maximum atomic E-state index is 5.02. The molecule has 196 valence electrons. The minimum Gasteiger partial charge on any atom is -0.309 e. The van der Waals surface area contributed by atoms with E-state index in [1.165, 1.54) is 48.9 Å². The van der Waals surface area contributed by atoms with E-state index in [1.807, 2.05) is 6.20 Å². The van der Waals surface area contributed by atoms with Crippen LogP contribution in [0.4, 0.5) is 0 Å². The van der Waals surface area contributed by atoms with Crippen molar-refractivity contribution in [2.24, 2.45) is 0 Å². The number of hydrogen-bond donors (Lipinski definition) is 0. The molecule has 3 heterocycles. The van der Waals surface area contributed by atoms with Crippen molar-refractivity contribution in [2.75, 3.05) is 0 Å². The Hall–Kier alpha value is -5.67. The van der Waals surface area contributed by atoms with Crippen molar-refractivity contribution in [3.63, 3.8) is 0 Å². The van der Waals surface area contributed by atoms with E-state index in [0.29, 0.717) is 0 Å². The summed E-state index contributed by atoms with van der Waals surface area (Å²) in [7, 11) is 0. The normalized spacial score (nSPS) is 11.8. The van der Waals surface area contributed by atoms with E-state index in [9.17, 15) is 0 Å². The molecule has 0 aliphatic carbocycles. The molecule has 0 atom stereocenters. The van der Waals surface area contributed by atoms with E-state index in [0.717, 1.165) is 28.1 Å². The lowest BCUT2D eigenvalue weighted by Crippen LogP contribution is -1.96. The highest BCUT2D eigenvalue weighted by Gasteiger charge is 2.19. The zero-order valence-corrected chi connectivity index (χ0v) is 22.8. The van der Waals surface area contributed by atoms with Gasteiger partial charge in [-0.1, -0.05) is 91.0 Å². The topological polar surface area (TPSA) is 22.8 Å². The van der Waals surface area contributed by atoms with Crippen molar-refractivity contribution in [3.8, 4) is 22.6 Å². The average molecular weight is 536 g/mol. The molecule has 0 amide bonds. The molecule has 0 aliphatic rings. The van der Waals surface area contributed by atoms with Gasteiger partial charge in [0.05, 0.1) is 27.8 Å². The minimum absolute atomic E-state index is 0.983. The molecule has 3 aromatic heterocycles. The highest BCUT2D eigenvalue weighted by molar-refractivity contribution is 6.15. The fourth-order valence-electron chi connectivity index (χ4n) is 6.69. The summed E-state index contributed by atoms with van der Waals surface area (Å²) in [5.74, 6) is 0. The van der Waals surface area contributed by atoms with Gasteiger partial charge in [0.15, 0.2) is 0 Å². The molecule has 9 aromatic rings. The van der Waals surface area contributed by atoms with E-state index in [1.54, 1.807) is 0 Å². The molecule has 9 rings (SSSR count). The third-order valence-electron chi connectivity index (χ3n) is 8.53. The van der Waals surface area contributed by atoms with Crippen molar-refractivity contribution in [3.05, 3.63) is 152 Å². The lowest BCUT2D eigenvalue weighted by Gasteiger charge is -2.12. The monoisotopic (exact) mass is 535 g/mol. The fraction of sp³-hybridized carbons (Fsp3) is 0. The molecule has 0 N–H and O–H groups in total. The van der Waals surface area contributed by atoms with Crippen LogP contribution >= 0.6 is 0 Å². The van der Waals surface area contributed by atoms with E-state index >= 15 is 0 Å². The zero-order valence-electron chi connectivity index (χ0n) is 22.8. The summed E-state index contributed by atoms with van der Waals surface area (Å²) in [6.07, 6.45) is 1.95. The zero-order chi connectivity index (χ0) is 27.6. The predicted octanol–water partition coefficient (Wildman–Crippen LogP) is 10.1. The summed E-state index contributed by atoms with van der Waals surface area (Å²) >= 11 is 0. The maximum Gasteiger partial charge on any atom is 0.0949 e. The largest absolute Gasteiger partial charge is 0.309 e. The van der Waals surface area contributed by atoms with Gasteiger partial charge >= 0.3 is 0 Å². The molecule has 3 heteroatoms. The Morgan fingerprint density at radius 3 is 1.90 bits per heavy atom. The van der Waals surface area contributed by atoms with Crippen LogP contribution in [-0.2, 0) is 0 Å². The highest BCUT2D eigenvalue weighted by Crippen LogP contribution is 2.39. The van der Waals surface area contributed by atoms with E-state index in [2.05, 4.69) is 155 Å². The van der Waals surface area contributed by atoms with Crippen LogP contribution in [-0.4, -0.2) is 14.1 Å². The molecule has 0 aliphatic heterocycles. The Labute approximate surface area is 242 Å². The molecule has 3 nitrogen and oxygen atoms in total. The highest BCUT2D eigenvalue weighted by atomic mass is 15.0. The molecule has 0 fully saturated rings. The SMILES string of the molecule is c1ccc(-n2c3ccccc3c3ccnc(-c4ccc5c(c4)c4ccccc4n5-c4ccc5ccccc5c4)c32)cc1. The third-order valence-corrected chi connectivity index (χ3v) is 8.53. The number of rotatable bonds is 3. The lowest BCUT2D eigenvalue weighted by atomic mass is 10.0. The van der Waals surface area contributed by atoms with Gasteiger partial charge in [0.1, 0.15) is 0 Å². The first kappa shape index (κ1) is 23.1. The van der Waals surface area contributed by atoms with Crippen molar-refractivity contribution >= 4 is 54.4 Å². The molecule has 0 saturated heterocycles. The minimum atomic E-state index is 0.983. The van der Waals surface area contributed by atoms with Gasteiger partial charge in [-0.3, -0.25) is 4.98 Å². The van der Waals surface area contributed by atoms with Gasteiger partial charge < -0.3 is 9.13 Å². The van der Waals surface area contributed by atoms with Gasteiger partial charge in [-0.25, -0.2) is 0 Å². The Morgan fingerprint density at radius 1 is 0.405 bits per heavy atom. The van der Waals surface area contributed by atoms with Gasteiger partial charge in [0.2, 0.25) is 0 Å². The van der Waals surface area contributed by atoms with Crippen molar-refractivity contribution in [2.45, 2.75) is 0 Å². The summed E-state index contributed by atoms with van der Waals surface area (Å²) in [6.45, 7) is 0. The summed E-state index contributed by atoms with van der Waals surface area (Å²) in [6, 6.07) is 52.2. The Morgan fingerprint density at radius 2 is 1.07 bits per heavy atom. The van der Waals surface area contributed by atoms with Gasteiger partial charge in [-0.15, -0.1) is 0 Å². The van der Waals surface area contributed by atoms with Gasteiger partial charge in [0, 0.05) is 44.7 Å². The van der Waals surface area contributed by atoms with Crippen LogP contribution in [0, 0.1) is 0 Å². The molecule has 0 spiro atoms. The van der Waals surface area contributed by atoms with Crippen molar-refractivity contribution < 1.29 is 0 Å². The fourth-order valence-corrected chi connectivity index (χ4v) is 6.69. The number of fused-ring (bicyclic) bond motifs is 7. The smallest absolute Gasteiger partial charge is 0.0949 e. The lowest BCUT2D eigenvalue weighted by molar-refractivity contribution is 1.17. The Balaban J connectivity index is 1.34. The number of pyridine rings is 1. The van der Waals surface area contributed by atoms with Crippen molar-refractivity contribution in [1.82, 2.24) is 14.1 Å². The maximum absolute atomic E-state index is 5.02. The first-order valence-electron chi connectivity index (χ1n) is 14.3. The van der Waals surface area contributed by atoms with Gasteiger partial charge in [-0.05, 0) is 65.4 Å². The Kier molecular flexibility index (Phi) is 4.90. The van der Waals surface area contributed by atoms with Crippen LogP contribution in [0.1, 0.15) is 0 Å². The second-order valence-corrected chi connectivity index (χ2v) is 10.9. The molecule has 42 heavy (non-hydrogen) atoms. The molecule has 0 saturated carbocycles. The molecule has 6 aromatic carbocycles. The summed E-state index contributed by atoms with van der Waals surface area (Å²) < 4.78 is 4.74. The van der Waals surface area contributed by atoms with Crippen LogP contribution in [0.25, 0.3) is 77.0 Å². The van der Waals surface area contributed by atoms with E-state index in [-0.39, 0.29) is 0 Å². The van der Waals surface area contributed by atoms with Crippen LogP contribution < -0.4 is 0 Å². The summed E-state index contributed by atoms with van der Waals surface area (Å²) in [4.78, 5) is 5.02. The third kappa shape index (κ3) is 3.31. The average Bonchev–Trinajstić information content (AvgIpc) is 3.58. The van der Waals surface area contributed by atoms with E-state index in [4.69, 9.17) is 4.98 Å². The first-order valence-corrected chi connectivity index (χ1v) is 14.3. The number of hydrogen-bond acceptors (Lipinski definition) is 1. The standard InChI is InChI=1S/C39H25N3/c1-2-12-29(13-3-1)42-36-17-9-6-14-31(36)33-22-23-40-38(39(33)42)28-19-21-37-34(25-28)32-15-7-8-16-35(32)41(37)30-20-18-26-10-4-5-11-27(26)24-30/h1-25H. The van der Waals surface area contributed by atoms with Crippen LogP contribution in [0.5, 0.6) is 0 Å².